The van der Waals surface area contributed by atoms with Crippen LogP contribution in [0, 0.1) is 5.92 Å². The summed E-state index contributed by atoms with van der Waals surface area (Å²) in [5.74, 6) is -1.66. The van der Waals surface area contributed by atoms with E-state index >= 15 is 0 Å². The van der Waals surface area contributed by atoms with Gasteiger partial charge in [0.25, 0.3) is 0 Å². The first-order chi connectivity index (χ1) is 8.49. The molecule has 0 saturated carbocycles. The molecule has 0 aliphatic carbocycles. The molecule has 0 aliphatic rings. The van der Waals surface area contributed by atoms with E-state index < -0.39 is 11.9 Å². The summed E-state index contributed by atoms with van der Waals surface area (Å²) < 4.78 is 1.02. The van der Waals surface area contributed by atoms with Gasteiger partial charge in [-0.3, -0.25) is 9.59 Å². The Bertz CT molecular complexity index is 417. The predicted octanol–water partition coefficient (Wildman–Crippen LogP) is 2.22. The number of carbonyl (C=O) groups is 2. The van der Waals surface area contributed by atoms with Gasteiger partial charge in [-0.15, -0.1) is 0 Å². The minimum absolute atomic E-state index is 0.135. The third kappa shape index (κ3) is 5.31. The normalized spacial score (nSPS) is 11.9. The van der Waals surface area contributed by atoms with E-state index in [1.54, 1.807) is 6.92 Å². The van der Waals surface area contributed by atoms with Crippen molar-refractivity contribution < 1.29 is 14.7 Å². The molecule has 0 saturated heterocycles. The van der Waals surface area contributed by atoms with Crippen LogP contribution in [-0.4, -0.2) is 23.5 Å². The number of carboxylic acids is 1. The average Bonchev–Trinajstić information content (AvgIpc) is 2.30. The monoisotopic (exact) mass is 313 g/mol. The number of rotatable bonds is 6. The zero-order chi connectivity index (χ0) is 13.5. The first kappa shape index (κ1) is 14.7. The Morgan fingerprint density at radius 3 is 2.50 bits per heavy atom. The second-order valence-electron chi connectivity index (χ2n) is 4.17. The SMILES string of the molecule is CC(CC(=O)O)C(=O)NCCc1ccc(Br)cc1. The van der Waals surface area contributed by atoms with Crippen molar-refractivity contribution >= 4 is 27.8 Å². The van der Waals surface area contributed by atoms with Gasteiger partial charge < -0.3 is 10.4 Å². The highest BCUT2D eigenvalue weighted by Gasteiger charge is 2.15. The van der Waals surface area contributed by atoms with Gasteiger partial charge >= 0.3 is 5.97 Å². The highest BCUT2D eigenvalue weighted by molar-refractivity contribution is 9.10. The number of carboxylic acid groups (broad SMARTS) is 1. The molecule has 0 heterocycles. The Hall–Kier alpha value is -1.36. The molecule has 5 heteroatoms. The lowest BCUT2D eigenvalue weighted by atomic mass is 10.1. The molecule has 0 fully saturated rings. The zero-order valence-electron chi connectivity index (χ0n) is 10.1. The van der Waals surface area contributed by atoms with Crippen molar-refractivity contribution in [2.75, 3.05) is 6.54 Å². The van der Waals surface area contributed by atoms with E-state index in [2.05, 4.69) is 21.2 Å². The molecular weight excluding hydrogens is 298 g/mol. The molecule has 1 rings (SSSR count). The third-order valence-electron chi connectivity index (χ3n) is 2.55. The molecule has 1 aromatic rings. The quantitative estimate of drug-likeness (QED) is 0.846. The number of halogens is 1. The fraction of sp³-hybridized carbons (Fsp3) is 0.385. The molecule has 1 atom stereocenters. The summed E-state index contributed by atoms with van der Waals surface area (Å²) in [5, 5.41) is 11.3. The van der Waals surface area contributed by atoms with Crippen LogP contribution < -0.4 is 5.32 Å². The molecule has 0 spiro atoms. The maximum absolute atomic E-state index is 11.5. The summed E-state index contributed by atoms with van der Waals surface area (Å²) in [4.78, 5) is 22.0. The minimum Gasteiger partial charge on any atom is -0.481 e. The molecule has 1 aromatic carbocycles. The molecule has 0 bridgehead atoms. The van der Waals surface area contributed by atoms with Crippen LogP contribution in [-0.2, 0) is 16.0 Å². The Labute approximate surface area is 115 Å². The molecule has 0 aromatic heterocycles. The number of carbonyl (C=O) groups excluding carboxylic acids is 1. The number of hydrogen-bond acceptors (Lipinski definition) is 2. The molecule has 0 aliphatic heterocycles. The van der Waals surface area contributed by atoms with Gasteiger partial charge in [-0.2, -0.15) is 0 Å². The summed E-state index contributed by atoms with van der Waals surface area (Å²) in [5.41, 5.74) is 1.13. The van der Waals surface area contributed by atoms with Crippen LogP contribution in [0.4, 0.5) is 0 Å². The highest BCUT2D eigenvalue weighted by Crippen LogP contribution is 2.10. The second kappa shape index (κ2) is 7.16. The minimum atomic E-state index is -0.953. The van der Waals surface area contributed by atoms with Crippen LogP contribution in [0.1, 0.15) is 18.9 Å². The van der Waals surface area contributed by atoms with Gasteiger partial charge in [-0.25, -0.2) is 0 Å². The number of hydrogen-bond donors (Lipinski definition) is 2. The molecule has 1 amide bonds. The molecule has 0 radical (unpaired) electrons. The van der Waals surface area contributed by atoms with Crippen molar-refractivity contribution in [2.45, 2.75) is 19.8 Å². The van der Waals surface area contributed by atoms with Crippen LogP contribution in [0.15, 0.2) is 28.7 Å². The fourth-order valence-corrected chi connectivity index (χ4v) is 1.77. The van der Waals surface area contributed by atoms with E-state index in [0.717, 1.165) is 16.5 Å². The molecule has 4 nitrogen and oxygen atoms in total. The van der Waals surface area contributed by atoms with Gasteiger partial charge in [-0.1, -0.05) is 35.0 Å². The standard InChI is InChI=1S/C13H16BrNO3/c1-9(8-12(16)17)13(18)15-7-6-10-2-4-11(14)5-3-10/h2-5,9H,6-8H2,1H3,(H,15,18)(H,16,17). The van der Waals surface area contributed by atoms with Gasteiger partial charge in [0.1, 0.15) is 0 Å². The van der Waals surface area contributed by atoms with Crippen LogP contribution in [0.25, 0.3) is 0 Å². The number of amides is 1. The van der Waals surface area contributed by atoms with Gasteiger partial charge in [0.15, 0.2) is 0 Å². The second-order valence-corrected chi connectivity index (χ2v) is 5.08. The van der Waals surface area contributed by atoms with E-state index in [1.807, 2.05) is 24.3 Å². The van der Waals surface area contributed by atoms with Crippen molar-refractivity contribution in [3.05, 3.63) is 34.3 Å². The van der Waals surface area contributed by atoms with Crippen LogP contribution >= 0.6 is 15.9 Å². The number of aliphatic carboxylic acids is 1. The van der Waals surface area contributed by atoms with E-state index in [4.69, 9.17) is 5.11 Å². The van der Waals surface area contributed by atoms with E-state index in [9.17, 15) is 9.59 Å². The van der Waals surface area contributed by atoms with Crippen molar-refractivity contribution in [2.24, 2.45) is 5.92 Å². The topological polar surface area (TPSA) is 66.4 Å². The third-order valence-corrected chi connectivity index (χ3v) is 3.08. The van der Waals surface area contributed by atoms with E-state index in [1.165, 1.54) is 0 Å². The Morgan fingerprint density at radius 1 is 1.33 bits per heavy atom. The lowest BCUT2D eigenvalue weighted by Crippen LogP contribution is -2.31. The Balaban J connectivity index is 2.31. The van der Waals surface area contributed by atoms with Crippen molar-refractivity contribution in [1.29, 1.82) is 0 Å². The van der Waals surface area contributed by atoms with Crippen molar-refractivity contribution in [3.8, 4) is 0 Å². The summed E-state index contributed by atoms with van der Waals surface area (Å²) >= 11 is 3.35. The molecule has 98 valence electrons. The largest absolute Gasteiger partial charge is 0.481 e. The Kier molecular flexibility index (Phi) is 5.85. The first-order valence-corrected chi connectivity index (χ1v) is 6.52. The number of nitrogens with one attached hydrogen (secondary N) is 1. The lowest BCUT2D eigenvalue weighted by Gasteiger charge is -2.10. The van der Waals surface area contributed by atoms with Gasteiger partial charge in [-0.05, 0) is 24.1 Å². The first-order valence-electron chi connectivity index (χ1n) is 5.73. The number of benzene rings is 1. The van der Waals surface area contributed by atoms with Gasteiger partial charge in [0, 0.05) is 16.9 Å². The summed E-state index contributed by atoms with van der Waals surface area (Å²) in [7, 11) is 0. The van der Waals surface area contributed by atoms with Crippen LogP contribution in [0.3, 0.4) is 0 Å². The lowest BCUT2D eigenvalue weighted by molar-refractivity contribution is -0.140. The maximum atomic E-state index is 11.5. The smallest absolute Gasteiger partial charge is 0.304 e. The molecule has 2 N–H and O–H groups in total. The van der Waals surface area contributed by atoms with Crippen LogP contribution in [0.2, 0.25) is 0 Å². The summed E-state index contributed by atoms with van der Waals surface area (Å²) in [6.07, 6.45) is 0.600. The summed E-state index contributed by atoms with van der Waals surface area (Å²) in [6, 6.07) is 7.86. The fourth-order valence-electron chi connectivity index (χ4n) is 1.51. The van der Waals surface area contributed by atoms with Gasteiger partial charge in [0.05, 0.1) is 6.42 Å². The summed E-state index contributed by atoms with van der Waals surface area (Å²) in [6.45, 7) is 2.13. The highest BCUT2D eigenvalue weighted by atomic mass is 79.9. The van der Waals surface area contributed by atoms with Crippen molar-refractivity contribution in [3.63, 3.8) is 0 Å². The average molecular weight is 314 g/mol. The molecule has 1 unspecified atom stereocenters. The maximum Gasteiger partial charge on any atom is 0.304 e. The molecular formula is C13H16BrNO3. The van der Waals surface area contributed by atoms with E-state index in [0.29, 0.717) is 6.54 Å². The zero-order valence-corrected chi connectivity index (χ0v) is 11.7. The van der Waals surface area contributed by atoms with Gasteiger partial charge in [0.2, 0.25) is 5.91 Å². The van der Waals surface area contributed by atoms with E-state index in [-0.39, 0.29) is 12.3 Å². The Morgan fingerprint density at radius 2 is 1.94 bits per heavy atom. The predicted molar refractivity (Wildman–Crippen MR) is 72.3 cm³/mol. The van der Waals surface area contributed by atoms with Crippen LogP contribution in [0.5, 0.6) is 0 Å². The molecule has 18 heavy (non-hydrogen) atoms. The van der Waals surface area contributed by atoms with Crippen molar-refractivity contribution in [1.82, 2.24) is 5.32 Å².